The molecule has 0 N–H and O–H groups in total. The van der Waals surface area contributed by atoms with E-state index in [1.807, 2.05) is 19.9 Å². The number of benzene rings is 1. The van der Waals surface area contributed by atoms with Crippen molar-refractivity contribution in [1.82, 2.24) is 0 Å². The third-order valence-electron chi connectivity index (χ3n) is 3.33. The van der Waals surface area contributed by atoms with Crippen LogP contribution in [0.2, 0.25) is 0 Å². The van der Waals surface area contributed by atoms with E-state index in [4.69, 9.17) is 0 Å². The van der Waals surface area contributed by atoms with Gasteiger partial charge in [0.1, 0.15) is 5.82 Å². The molecule has 15 heavy (non-hydrogen) atoms. The first-order valence-corrected chi connectivity index (χ1v) is 5.27. The van der Waals surface area contributed by atoms with Crippen LogP contribution in [-0.4, -0.2) is 0 Å². The molecule has 1 aromatic rings. The lowest BCUT2D eigenvalue weighted by molar-refractivity contribution is 0.311. The van der Waals surface area contributed by atoms with Gasteiger partial charge in [0.05, 0.1) is 11.5 Å². The Labute approximate surface area is 89.5 Å². The maximum atomic E-state index is 13.9. The molecular weight excluding hydrogens is 189 g/mol. The molecular formula is C13H14FN. The minimum atomic E-state index is -0.540. The van der Waals surface area contributed by atoms with E-state index in [-0.39, 0.29) is 5.82 Å². The predicted molar refractivity (Wildman–Crippen MR) is 57.0 cm³/mol. The molecule has 1 nitrogen and oxygen atoms in total. The Morgan fingerprint density at radius 3 is 2.40 bits per heavy atom. The number of nitrogens with zero attached hydrogens (tertiary/aromatic N) is 1. The van der Waals surface area contributed by atoms with Crippen molar-refractivity contribution in [3.05, 3.63) is 34.6 Å². The van der Waals surface area contributed by atoms with E-state index in [1.165, 1.54) is 6.07 Å². The molecule has 2 heteroatoms. The molecule has 0 spiro atoms. The number of aryl methyl sites for hydroxylation is 2. The Balaban J connectivity index is 2.58. The van der Waals surface area contributed by atoms with Crippen LogP contribution in [0.25, 0.3) is 0 Å². The van der Waals surface area contributed by atoms with Gasteiger partial charge in [-0.2, -0.15) is 5.26 Å². The Morgan fingerprint density at radius 2 is 2.00 bits per heavy atom. The number of hydrogen-bond donors (Lipinski definition) is 0. The van der Waals surface area contributed by atoms with Crippen LogP contribution in [0.5, 0.6) is 0 Å². The van der Waals surface area contributed by atoms with Crippen LogP contribution < -0.4 is 0 Å². The molecule has 0 unspecified atom stereocenters. The molecule has 0 aliphatic heterocycles. The summed E-state index contributed by atoms with van der Waals surface area (Å²) in [6, 6.07) is 5.77. The molecule has 2 rings (SSSR count). The fraction of sp³-hybridized carbons (Fsp3) is 0.462. The van der Waals surface area contributed by atoms with Gasteiger partial charge >= 0.3 is 0 Å². The lowest BCUT2D eigenvalue weighted by Gasteiger charge is -2.37. The summed E-state index contributed by atoms with van der Waals surface area (Å²) in [5.74, 6) is -0.214. The Hall–Kier alpha value is -1.36. The second-order valence-electron chi connectivity index (χ2n) is 4.49. The minimum absolute atomic E-state index is 0.214. The molecule has 0 amide bonds. The first-order chi connectivity index (χ1) is 7.09. The van der Waals surface area contributed by atoms with E-state index in [0.29, 0.717) is 5.56 Å². The van der Waals surface area contributed by atoms with Crippen LogP contribution in [0, 0.1) is 31.0 Å². The smallest absolute Gasteiger partial charge is 0.128 e. The van der Waals surface area contributed by atoms with Crippen molar-refractivity contribution in [1.29, 1.82) is 5.26 Å². The average Bonchev–Trinajstić information content (AvgIpc) is 2.07. The summed E-state index contributed by atoms with van der Waals surface area (Å²) in [7, 11) is 0. The first kappa shape index (κ1) is 10.2. The number of hydrogen-bond acceptors (Lipinski definition) is 1. The van der Waals surface area contributed by atoms with Gasteiger partial charge in [-0.15, -0.1) is 0 Å². The average molecular weight is 203 g/mol. The van der Waals surface area contributed by atoms with Crippen LogP contribution in [-0.2, 0) is 5.41 Å². The Bertz CT molecular complexity index is 415. The first-order valence-electron chi connectivity index (χ1n) is 5.27. The van der Waals surface area contributed by atoms with Gasteiger partial charge in [0.2, 0.25) is 0 Å². The van der Waals surface area contributed by atoms with Crippen LogP contribution in [0.1, 0.15) is 36.0 Å². The predicted octanol–water partition coefficient (Wildman–Crippen LogP) is 3.39. The Kier molecular flexibility index (Phi) is 2.26. The zero-order valence-electron chi connectivity index (χ0n) is 9.10. The van der Waals surface area contributed by atoms with Gasteiger partial charge in [0, 0.05) is 5.56 Å². The molecule has 1 aliphatic rings. The molecule has 0 aromatic heterocycles. The highest BCUT2D eigenvalue weighted by Gasteiger charge is 2.41. The fourth-order valence-corrected chi connectivity index (χ4v) is 2.47. The molecule has 0 bridgehead atoms. The summed E-state index contributed by atoms with van der Waals surface area (Å²) in [5.41, 5.74) is 1.92. The molecule has 0 saturated heterocycles. The van der Waals surface area contributed by atoms with Crippen molar-refractivity contribution in [2.75, 3.05) is 0 Å². The van der Waals surface area contributed by atoms with E-state index >= 15 is 0 Å². The molecule has 1 saturated carbocycles. The summed E-state index contributed by atoms with van der Waals surface area (Å²) in [6.45, 7) is 3.77. The molecule has 1 aliphatic carbocycles. The molecule has 0 radical (unpaired) electrons. The lowest BCUT2D eigenvalue weighted by atomic mass is 9.64. The standard InChI is InChI=1S/C13H14FN/c1-9-6-10(2)12(11(14)7-9)13(8-15)4-3-5-13/h6-7H,3-5H2,1-2H3. The summed E-state index contributed by atoms with van der Waals surface area (Å²) in [6.07, 6.45) is 2.62. The van der Waals surface area contributed by atoms with Crippen LogP contribution >= 0.6 is 0 Å². The summed E-state index contributed by atoms with van der Waals surface area (Å²) >= 11 is 0. The van der Waals surface area contributed by atoms with Crippen molar-refractivity contribution < 1.29 is 4.39 Å². The zero-order chi connectivity index (χ0) is 11.1. The molecule has 0 heterocycles. The monoisotopic (exact) mass is 203 g/mol. The maximum Gasteiger partial charge on any atom is 0.128 e. The zero-order valence-corrected chi connectivity index (χ0v) is 9.10. The second kappa shape index (κ2) is 3.34. The van der Waals surface area contributed by atoms with Crippen LogP contribution in [0.3, 0.4) is 0 Å². The number of halogens is 1. The van der Waals surface area contributed by atoms with Gasteiger partial charge in [0.25, 0.3) is 0 Å². The van der Waals surface area contributed by atoms with Crippen molar-refractivity contribution in [3.63, 3.8) is 0 Å². The highest BCUT2D eigenvalue weighted by molar-refractivity contribution is 5.43. The highest BCUT2D eigenvalue weighted by atomic mass is 19.1. The number of rotatable bonds is 1. The van der Waals surface area contributed by atoms with Gasteiger partial charge in [-0.3, -0.25) is 0 Å². The topological polar surface area (TPSA) is 23.8 Å². The van der Waals surface area contributed by atoms with E-state index in [9.17, 15) is 9.65 Å². The summed E-state index contributed by atoms with van der Waals surface area (Å²) < 4.78 is 13.9. The van der Waals surface area contributed by atoms with E-state index in [2.05, 4.69) is 6.07 Å². The molecule has 78 valence electrons. The van der Waals surface area contributed by atoms with Gasteiger partial charge in [-0.05, 0) is 50.3 Å². The normalized spacial score (nSPS) is 18.0. The summed E-state index contributed by atoms with van der Waals surface area (Å²) in [5, 5.41) is 9.19. The fourth-order valence-electron chi connectivity index (χ4n) is 2.47. The molecule has 1 fully saturated rings. The highest BCUT2D eigenvalue weighted by Crippen LogP contribution is 2.45. The lowest BCUT2D eigenvalue weighted by Crippen LogP contribution is -2.34. The third-order valence-corrected chi connectivity index (χ3v) is 3.33. The molecule has 1 aromatic carbocycles. The van der Waals surface area contributed by atoms with Crippen LogP contribution in [0.4, 0.5) is 4.39 Å². The van der Waals surface area contributed by atoms with Gasteiger partial charge in [-0.1, -0.05) is 6.07 Å². The minimum Gasteiger partial charge on any atom is -0.207 e. The summed E-state index contributed by atoms with van der Waals surface area (Å²) in [4.78, 5) is 0. The third kappa shape index (κ3) is 1.43. The quantitative estimate of drug-likeness (QED) is 0.686. The largest absolute Gasteiger partial charge is 0.207 e. The molecule has 0 atom stereocenters. The van der Waals surface area contributed by atoms with Crippen molar-refractivity contribution in [2.24, 2.45) is 0 Å². The van der Waals surface area contributed by atoms with Crippen LogP contribution in [0.15, 0.2) is 12.1 Å². The van der Waals surface area contributed by atoms with Crippen molar-refractivity contribution in [3.8, 4) is 6.07 Å². The van der Waals surface area contributed by atoms with E-state index in [1.54, 1.807) is 0 Å². The maximum absolute atomic E-state index is 13.9. The van der Waals surface area contributed by atoms with Crippen molar-refractivity contribution in [2.45, 2.75) is 38.5 Å². The van der Waals surface area contributed by atoms with Gasteiger partial charge in [0.15, 0.2) is 0 Å². The van der Waals surface area contributed by atoms with Gasteiger partial charge < -0.3 is 0 Å². The Morgan fingerprint density at radius 1 is 1.33 bits per heavy atom. The van der Waals surface area contributed by atoms with E-state index in [0.717, 1.165) is 30.4 Å². The van der Waals surface area contributed by atoms with Crippen molar-refractivity contribution >= 4 is 0 Å². The SMILES string of the molecule is Cc1cc(C)c(C2(C#N)CCC2)c(F)c1. The second-order valence-corrected chi connectivity index (χ2v) is 4.49. The van der Waals surface area contributed by atoms with Gasteiger partial charge in [-0.25, -0.2) is 4.39 Å². The number of nitriles is 1. The van der Waals surface area contributed by atoms with E-state index < -0.39 is 5.41 Å².